The fraction of sp³-hybridized carbons (Fsp3) is 1.00. The maximum Gasteiger partial charge on any atom is 0.158 e. The minimum absolute atomic E-state index is 0.00810. The van der Waals surface area contributed by atoms with Crippen LogP contribution in [0.4, 0.5) is 0 Å². The molecule has 0 atom stereocenters. The van der Waals surface area contributed by atoms with Crippen LogP contribution in [0, 0.1) is 0 Å². The van der Waals surface area contributed by atoms with E-state index in [-0.39, 0.29) is 5.54 Å². The number of rotatable bonds is 1. The van der Waals surface area contributed by atoms with Crippen LogP contribution in [0.3, 0.4) is 0 Å². The molecule has 0 aliphatic heterocycles. The van der Waals surface area contributed by atoms with Crippen molar-refractivity contribution in [2.75, 3.05) is 0 Å². The number of alkyl halides is 2. The Balaban J connectivity index is 3.39. The molecule has 0 fully saturated rings. The Bertz CT molecular complexity index is 65.3. The molecule has 1 nitrogen and oxygen atoms in total. The average Bonchev–Trinajstić information content (AvgIpc) is 1.21. The second kappa shape index (κ2) is 2.90. The van der Waals surface area contributed by atoms with Crippen molar-refractivity contribution in [2.45, 2.75) is 31.3 Å². The van der Waals surface area contributed by atoms with Gasteiger partial charge in [-0.05, 0) is 20.8 Å². The molecule has 0 aromatic rings. The smallest absolute Gasteiger partial charge is 0.158 e. The van der Waals surface area contributed by atoms with Crippen molar-refractivity contribution in [3.05, 3.63) is 0 Å². The topological polar surface area (TPSA) is 12.0 Å². The van der Waals surface area contributed by atoms with Crippen molar-refractivity contribution in [3.8, 4) is 0 Å². The summed E-state index contributed by atoms with van der Waals surface area (Å²) >= 11 is 10.8. The van der Waals surface area contributed by atoms with E-state index in [1.165, 1.54) is 0 Å². The zero-order chi connectivity index (χ0) is 6.78. The number of halogens is 2. The molecule has 0 saturated heterocycles. The summed E-state index contributed by atoms with van der Waals surface area (Å²) in [7, 11) is 0. The van der Waals surface area contributed by atoms with E-state index in [1.807, 2.05) is 20.8 Å². The molecule has 0 bridgehead atoms. The lowest BCUT2D eigenvalue weighted by Crippen LogP contribution is -2.38. The fourth-order valence-corrected chi connectivity index (χ4v) is 0.982. The molecule has 0 amide bonds. The highest BCUT2D eigenvalue weighted by Gasteiger charge is 2.11. The molecule has 0 heterocycles. The second-order valence-corrected chi connectivity index (χ2v) is 3.79. The van der Waals surface area contributed by atoms with Crippen LogP contribution in [0.5, 0.6) is 0 Å². The van der Waals surface area contributed by atoms with Gasteiger partial charge in [-0.3, -0.25) is 5.32 Å². The van der Waals surface area contributed by atoms with E-state index in [4.69, 9.17) is 23.2 Å². The van der Waals surface area contributed by atoms with E-state index in [2.05, 4.69) is 5.32 Å². The summed E-state index contributed by atoms with van der Waals surface area (Å²) in [6.07, 6.45) is 0. The van der Waals surface area contributed by atoms with E-state index >= 15 is 0 Å². The van der Waals surface area contributed by atoms with Crippen LogP contribution in [-0.4, -0.2) is 10.5 Å². The highest BCUT2D eigenvalue weighted by molar-refractivity contribution is 6.43. The van der Waals surface area contributed by atoms with E-state index in [1.54, 1.807) is 0 Å². The quantitative estimate of drug-likeness (QED) is 0.453. The van der Waals surface area contributed by atoms with Crippen LogP contribution >= 0.6 is 23.2 Å². The van der Waals surface area contributed by atoms with Gasteiger partial charge in [0.15, 0.2) is 4.96 Å². The number of hydrogen-bond donors (Lipinski definition) is 1. The molecule has 0 aliphatic carbocycles. The van der Waals surface area contributed by atoms with E-state index < -0.39 is 4.96 Å². The number of hydrogen-bond acceptors (Lipinski definition) is 1. The number of nitrogens with one attached hydrogen (secondary N) is 1. The molecule has 0 rings (SSSR count). The Morgan fingerprint density at radius 2 is 1.62 bits per heavy atom. The molecule has 1 N–H and O–H groups in total. The SMILES string of the molecule is CC(C)(C)NC(Cl)Cl. The minimum atomic E-state index is -0.463. The summed E-state index contributed by atoms with van der Waals surface area (Å²) in [6.45, 7) is 6.01. The third-order valence-corrected chi connectivity index (χ3v) is 0.760. The molecule has 0 radical (unpaired) electrons. The lowest BCUT2D eigenvalue weighted by Gasteiger charge is -2.20. The Morgan fingerprint density at radius 3 is 1.62 bits per heavy atom. The van der Waals surface area contributed by atoms with Gasteiger partial charge in [0.05, 0.1) is 0 Å². The standard InChI is InChI=1S/C5H11Cl2N/c1-5(2,3)8-4(6)7/h4,8H,1-3H3. The summed E-state index contributed by atoms with van der Waals surface area (Å²) in [5.41, 5.74) is 0.00810. The van der Waals surface area contributed by atoms with Crippen molar-refractivity contribution >= 4 is 23.2 Å². The maximum absolute atomic E-state index is 5.42. The summed E-state index contributed by atoms with van der Waals surface area (Å²) in [5.74, 6) is 0. The molecule has 3 heteroatoms. The van der Waals surface area contributed by atoms with Gasteiger partial charge in [0, 0.05) is 5.54 Å². The van der Waals surface area contributed by atoms with Crippen LogP contribution in [0.1, 0.15) is 20.8 Å². The van der Waals surface area contributed by atoms with Gasteiger partial charge >= 0.3 is 0 Å². The molecule has 0 aromatic carbocycles. The van der Waals surface area contributed by atoms with Gasteiger partial charge in [0.25, 0.3) is 0 Å². The normalized spacial score (nSPS) is 12.8. The molecular weight excluding hydrogens is 145 g/mol. The summed E-state index contributed by atoms with van der Waals surface area (Å²) in [4.78, 5) is -0.463. The van der Waals surface area contributed by atoms with Gasteiger partial charge in [-0.2, -0.15) is 0 Å². The van der Waals surface area contributed by atoms with Gasteiger partial charge in [-0.25, -0.2) is 0 Å². The first-order valence-corrected chi connectivity index (χ1v) is 3.35. The van der Waals surface area contributed by atoms with Crippen molar-refractivity contribution in [2.24, 2.45) is 0 Å². The minimum Gasteiger partial charge on any atom is -0.284 e. The third kappa shape index (κ3) is 6.54. The van der Waals surface area contributed by atoms with E-state index in [0.717, 1.165) is 0 Å². The zero-order valence-corrected chi connectivity index (χ0v) is 6.85. The van der Waals surface area contributed by atoms with Crippen LogP contribution in [0.25, 0.3) is 0 Å². The van der Waals surface area contributed by atoms with Crippen LogP contribution in [-0.2, 0) is 0 Å². The van der Waals surface area contributed by atoms with Crippen LogP contribution < -0.4 is 5.32 Å². The van der Waals surface area contributed by atoms with Gasteiger partial charge < -0.3 is 0 Å². The van der Waals surface area contributed by atoms with Crippen molar-refractivity contribution in [1.29, 1.82) is 0 Å². The van der Waals surface area contributed by atoms with E-state index in [9.17, 15) is 0 Å². The van der Waals surface area contributed by atoms with Crippen LogP contribution in [0.2, 0.25) is 0 Å². The Hall–Kier alpha value is 0.540. The first-order chi connectivity index (χ1) is 3.42. The third-order valence-electron chi connectivity index (χ3n) is 0.542. The molecule has 50 valence electrons. The molecule has 8 heavy (non-hydrogen) atoms. The van der Waals surface area contributed by atoms with Gasteiger partial charge in [-0.1, -0.05) is 23.2 Å². The van der Waals surface area contributed by atoms with Crippen molar-refractivity contribution < 1.29 is 0 Å². The lowest BCUT2D eigenvalue weighted by atomic mass is 10.1. The Morgan fingerprint density at radius 1 is 1.25 bits per heavy atom. The van der Waals surface area contributed by atoms with E-state index in [0.29, 0.717) is 0 Å². The van der Waals surface area contributed by atoms with Crippen LogP contribution in [0.15, 0.2) is 0 Å². The van der Waals surface area contributed by atoms with Crippen molar-refractivity contribution in [1.82, 2.24) is 5.32 Å². The van der Waals surface area contributed by atoms with Gasteiger partial charge in [0.2, 0.25) is 0 Å². The van der Waals surface area contributed by atoms with Gasteiger partial charge in [0.1, 0.15) is 0 Å². The monoisotopic (exact) mass is 155 g/mol. The largest absolute Gasteiger partial charge is 0.284 e. The first-order valence-electron chi connectivity index (χ1n) is 2.48. The molecular formula is C5H11Cl2N. The predicted molar refractivity (Wildman–Crippen MR) is 38.4 cm³/mol. The highest BCUT2D eigenvalue weighted by atomic mass is 35.5. The first kappa shape index (κ1) is 8.54. The second-order valence-electron chi connectivity index (χ2n) is 2.70. The fourth-order valence-electron chi connectivity index (χ4n) is 0.327. The predicted octanol–water partition coefficient (Wildman–Crippen LogP) is 2.14. The average molecular weight is 156 g/mol. The molecule has 0 unspecified atom stereocenters. The zero-order valence-electron chi connectivity index (χ0n) is 5.33. The molecule has 0 spiro atoms. The lowest BCUT2D eigenvalue weighted by molar-refractivity contribution is 0.446. The molecule has 0 aromatic heterocycles. The van der Waals surface area contributed by atoms with Crippen molar-refractivity contribution in [3.63, 3.8) is 0 Å². The summed E-state index contributed by atoms with van der Waals surface area (Å²) in [6, 6.07) is 0. The highest BCUT2D eigenvalue weighted by Crippen LogP contribution is 2.05. The summed E-state index contributed by atoms with van der Waals surface area (Å²) in [5, 5.41) is 2.91. The molecule has 0 aliphatic rings. The maximum atomic E-state index is 5.42. The summed E-state index contributed by atoms with van der Waals surface area (Å²) < 4.78 is 0. The molecule has 0 saturated carbocycles. The Labute approximate surface area is 60.4 Å². The van der Waals surface area contributed by atoms with Gasteiger partial charge in [-0.15, -0.1) is 0 Å². The Kier molecular flexibility index (Phi) is 3.10.